The molecule has 0 atom stereocenters. The van der Waals surface area contributed by atoms with E-state index >= 15 is 0 Å². The molecule has 0 spiro atoms. The van der Waals surface area contributed by atoms with Gasteiger partial charge in [-0.25, -0.2) is 4.39 Å². The Kier molecular flexibility index (Phi) is 3.09. The normalized spacial score (nSPS) is 10.5. The zero-order valence-corrected chi connectivity index (χ0v) is 9.61. The number of halogens is 1. The van der Waals surface area contributed by atoms with Crippen LogP contribution in [-0.2, 0) is 13.5 Å². The molecular weight excluding hydrogens is 217 g/mol. The maximum atomic E-state index is 12.8. The van der Waals surface area contributed by atoms with Gasteiger partial charge >= 0.3 is 0 Å². The number of nitrogens with zero attached hydrogens (tertiary/aromatic N) is 1. The maximum Gasteiger partial charge on any atom is 0.192 e. The van der Waals surface area contributed by atoms with Crippen molar-refractivity contribution in [2.45, 2.75) is 6.42 Å². The summed E-state index contributed by atoms with van der Waals surface area (Å²) in [7, 11) is 1.85. The molecule has 0 unspecified atom stereocenters. The molecule has 2 rings (SSSR count). The van der Waals surface area contributed by atoms with Crippen LogP contribution in [0.1, 0.15) is 5.56 Å². The van der Waals surface area contributed by atoms with Gasteiger partial charge < -0.3 is 4.57 Å². The van der Waals surface area contributed by atoms with Crippen LogP contribution in [0.3, 0.4) is 0 Å². The number of rotatable bonds is 2. The average Bonchev–Trinajstić information content (AvgIpc) is 2.33. The Morgan fingerprint density at radius 3 is 2.47 bits per heavy atom. The first-order valence-electron chi connectivity index (χ1n) is 5.36. The summed E-state index contributed by atoms with van der Waals surface area (Å²) in [4.78, 5) is 12.1. The first-order chi connectivity index (χ1) is 8.11. The van der Waals surface area contributed by atoms with Crippen molar-refractivity contribution in [1.82, 2.24) is 4.57 Å². The molecule has 0 bridgehead atoms. The van der Waals surface area contributed by atoms with Gasteiger partial charge in [0, 0.05) is 30.6 Å². The Morgan fingerprint density at radius 1 is 1.24 bits per heavy atom. The van der Waals surface area contributed by atoms with Crippen molar-refractivity contribution in [3.8, 4) is 11.1 Å². The fourth-order valence-electron chi connectivity index (χ4n) is 1.79. The molecule has 17 heavy (non-hydrogen) atoms. The lowest BCUT2D eigenvalue weighted by Gasteiger charge is -2.07. The van der Waals surface area contributed by atoms with Crippen LogP contribution in [-0.4, -0.2) is 4.57 Å². The van der Waals surface area contributed by atoms with Crippen LogP contribution in [0.25, 0.3) is 11.1 Å². The summed E-state index contributed by atoms with van der Waals surface area (Å²) in [6.45, 7) is 3.73. The second-order valence-corrected chi connectivity index (χ2v) is 3.95. The van der Waals surface area contributed by atoms with E-state index in [0.717, 1.165) is 5.56 Å². The van der Waals surface area contributed by atoms with Crippen molar-refractivity contribution < 1.29 is 4.39 Å². The lowest BCUT2D eigenvalue weighted by atomic mass is 10.0. The van der Waals surface area contributed by atoms with Gasteiger partial charge in [-0.1, -0.05) is 12.1 Å². The summed E-state index contributed by atoms with van der Waals surface area (Å²) in [5.41, 5.74) is 1.93. The highest BCUT2D eigenvalue weighted by Crippen LogP contribution is 2.16. The third kappa shape index (κ3) is 2.28. The molecule has 0 N–H and O–H groups in total. The minimum absolute atomic E-state index is 0.0373. The van der Waals surface area contributed by atoms with Crippen LogP contribution in [0, 0.1) is 12.7 Å². The van der Waals surface area contributed by atoms with E-state index in [0.29, 0.717) is 17.5 Å². The Morgan fingerprint density at radius 2 is 1.88 bits per heavy atom. The Balaban J connectivity index is 2.63. The number of aryl methyl sites for hydroxylation is 1. The van der Waals surface area contributed by atoms with E-state index in [2.05, 4.69) is 6.92 Å². The number of hydrogen-bond donors (Lipinski definition) is 0. The zero-order chi connectivity index (χ0) is 12.4. The van der Waals surface area contributed by atoms with Gasteiger partial charge in [0.2, 0.25) is 0 Å². The van der Waals surface area contributed by atoms with Gasteiger partial charge in [0.05, 0.1) is 0 Å². The van der Waals surface area contributed by atoms with E-state index in [9.17, 15) is 9.18 Å². The van der Waals surface area contributed by atoms with Crippen LogP contribution in [0.5, 0.6) is 0 Å². The lowest BCUT2D eigenvalue weighted by Crippen LogP contribution is -2.13. The molecule has 1 aromatic carbocycles. The van der Waals surface area contributed by atoms with Gasteiger partial charge in [-0.2, -0.15) is 0 Å². The van der Waals surface area contributed by atoms with Crippen LogP contribution >= 0.6 is 0 Å². The number of pyridine rings is 1. The molecule has 2 nitrogen and oxygen atoms in total. The first kappa shape index (κ1) is 11.6. The molecule has 2 aromatic rings. The molecule has 87 valence electrons. The van der Waals surface area contributed by atoms with E-state index in [1.807, 2.05) is 11.6 Å². The molecule has 0 saturated carbocycles. The quantitative estimate of drug-likeness (QED) is 0.777. The van der Waals surface area contributed by atoms with Gasteiger partial charge in [0.1, 0.15) is 5.82 Å². The third-order valence-electron chi connectivity index (χ3n) is 2.65. The summed E-state index contributed by atoms with van der Waals surface area (Å²) in [5, 5.41) is 0. The standard InChI is InChI=1S/C14H13FNO/c1-3-10-8-16(2)9-13(14(10)17)11-4-6-12(15)7-5-11/h4-9H,1,3H2,2H3. The molecule has 1 heterocycles. The minimum Gasteiger partial charge on any atom is -0.356 e. The summed E-state index contributed by atoms with van der Waals surface area (Å²) >= 11 is 0. The zero-order valence-electron chi connectivity index (χ0n) is 9.61. The van der Waals surface area contributed by atoms with Crippen LogP contribution < -0.4 is 5.43 Å². The van der Waals surface area contributed by atoms with Crippen molar-refractivity contribution >= 4 is 0 Å². The topological polar surface area (TPSA) is 22.0 Å². The second-order valence-electron chi connectivity index (χ2n) is 3.95. The lowest BCUT2D eigenvalue weighted by molar-refractivity contribution is 0.628. The largest absolute Gasteiger partial charge is 0.356 e. The van der Waals surface area contributed by atoms with Crippen molar-refractivity contribution in [2.24, 2.45) is 7.05 Å². The highest BCUT2D eigenvalue weighted by atomic mass is 19.1. The molecule has 0 aliphatic rings. The van der Waals surface area contributed by atoms with Gasteiger partial charge in [-0.3, -0.25) is 4.79 Å². The van der Waals surface area contributed by atoms with Crippen LogP contribution in [0.2, 0.25) is 0 Å². The monoisotopic (exact) mass is 230 g/mol. The van der Waals surface area contributed by atoms with Crippen LogP contribution in [0.15, 0.2) is 41.5 Å². The van der Waals surface area contributed by atoms with E-state index < -0.39 is 0 Å². The Bertz CT molecular complexity index is 584. The smallest absolute Gasteiger partial charge is 0.192 e. The SMILES string of the molecule is [CH2]Cc1cn(C)cc(-c2ccc(F)cc2)c1=O. The van der Waals surface area contributed by atoms with Gasteiger partial charge in [0.15, 0.2) is 5.43 Å². The van der Waals surface area contributed by atoms with Crippen molar-refractivity contribution in [3.05, 3.63) is 65.2 Å². The fourth-order valence-corrected chi connectivity index (χ4v) is 1.79. The van der Waals surface area contributed by atoms with Crippen molar-refractivity contribution in [3.63, 3.8) is 0 Å². The summed E-state index contributed by atoms with van der Waals surface area (Å²) in [6, 6.07) is 5.93. The molecule has 0 aliphatic carbocycles. The summed E-state index contributed by atoms with van der Waals surface area (Å²) < 4.78 is 14.7. The van der Waals surface area contributed by atoms with Crippen LogP contribution in [0.4, 0.5) is 4.39 Å². The predicted octanol–water partition coefficient (Wildman–Crippen LogP) is 2.57. The average molecular weight is 230 g/mol. The molecule has 3 heteroatoms. The molecule has 0 fully saturated rings. The molecular formula is C14H13FNO. The van der Waals surface area contributed by atoms with Gasteiger partial charge in [-0.05, 0) is 31.0 Å². The van der Waals surface area contributed by atoms with Crippen molar-refractivity contribution in [2.75, 3.05) is 0 Å². The first-order valence-corrected chi connectivity index (χ1v) is 5.36. The minimum atomic E-state index is -0.307. The van der Waals surface area contributed by atoms with E-state index in [-0.39, 0.29) is 11.2 Å². The summed E-state index contributed by atoms with van der Waals surface area (Å²) in [6.07, 6.45) is 3.96. The highest BCUT2D eigenvalue weighted by Gasteiger charge is 2.07. The second kappa shape index (κ2) is 4.53. The van der Waals surface area contributed by atoms with E-state index in [1.54, 1.807) is 24.5 Å². The number of benzene rings is 1. The Labute approximate surface area is 99.3 Å². The maximum absolute atomic E-state index is 12.8. The molecule has 0 aliphatic heterocycles. The number of hydrogen-bond acceptors (Lipinski definition) is 1. The molecule has 0 amide bonds. The van der Waals surface area contributed by atoms with E-state index in [1.165, 1.54) is 12.1 Å². The van der Waals surface area contributed by atoms with Crippen molar-refractivity contribution in [1.29, 1.82) is 0 Å². The third-order valence-corrected chi connectivity index (χ3v) is 2.65. The highest BCUT2D eigenvalue weighted by molar-refractivity contribution is 5.63. The van der Waals surface area contributed by atoms with Gasteiger partial charge in [0.25, 0.3) is 0 Å². The fraction of sp³-hybridized carbons (Fsp3) is 0.143. The molecule has 1 radical (unpaired) electrons. The summed E-state index contributed by atoms with van der Waals surface area (Å²) in [5.74, 6) is -0.307. The predicted molar refractivity (Wildman–Crippen MR) is 66.1 cm³/mol. The van der Waals surface area contributed by atoms with Gasteiger partial charge in [-0.15, -0.1) is 0 Å². The van der Waals surface area contributed by atoms with E-state index in [4.69, 9.17) is 0 Å². The molecule has 1 aromatic heterocycles. The molecule has 0 saturated heterocycles. The Hall–Kier alpha value is -1.90. The number of aromatic nitrogens is 1.